The van der Waals surface area contributed by atoms with Crippen molar-refractivity contribution in [3.63, 3.8) is 0 Å². The Morgan fingerprint density at radius 3 is 2.73 bits per heavy atom. The topological polar surface area (TPSA) is 35.2 Å². The lowest BCUT2D eigenvalue weighted by Gasteiger charge is -2.05. The first-order chi connectivity index (χ1) is 7.33. The van der Waals surface area contributed by atoms with Crippen LogP contribution in [0.1, 0.15) is 6.42 Å². The quantitative estimate of drug-likeness (QED) is 0.455. The molecule has 0 saturated carbocycles. The average molecular weight is 221 g/mol. The summed E-state index contributed by atoms with van der Waals surface area (Å²) in [6.45, 7) is 0.724. The maximum atomic E-state index is 5.56. The predicted octanol–water partition coefficient (Wildman–Crippen LogP) is 2.40. The molecule has 3 heteroatoms. The minimum Gasteiger partial charge on any atom is -0.494 e. The second-order valence-corrected chi connectivity index (χ2v) is 4.13. The second-order valence-electron chi connectivity index (χ2n) is 3.03. The highest BCUT2D eigenvalue weighted by molar-refractivity contribution is 7.99. The van der Waals surface area contributed by atoms with Crippen molar-refractivity contribution in [2.75, 3.05) is 23.8 Å². The van der Waals surface area contributed by atoms with Gasteiger partial charge in [-0.05, 0) is 36.4 Å². The van der Waals surface area contributed by atoms with Gasteiger partial charge in [-0.3, -0.25) is 0 Å². The Morgan fingerprint density at radius 2 is 2.07 bits per heavy atom. The Morgan fingerprint density at radius 1 is 1.33 bits per heavy atom. The van der Waals surface area contributed by atoms with Crippen molar-refractivity contribution in [3.05, 3.63) is 24.3 Å². The number of ether oxygens (including phenoxy) is 1. The van der Waals surface area contributed by atoms with E-state index in [1.807, 2.05) is 24.3 Å². The van der Waals surface area contributed by atoms with E-state index in [0.717, 1.165) is 36.0 Å². The molecule has 0 amide bonds. The van der Waals surface area contributed by atoms with Crippen molar-refractivity contribution in [1.82, 2.24) is 0 Å². The van der Waals surface area contributed by atoms with Crippen LogP contribution in [0.5, 0.6) is 5.75 Å². The van der Waals surface area contributed by atoms with Crippen LogP contribution in [-0.2, 0) is 0 Å². The van der Waals surface area contributed by atoms with Gasteiger partial charge < -0.3 is 10.5 Å². The van der Waals surface area contributed by atoms with Crippen LogP contribution in [0.4, 0.5) is 5.69 Å². The van der Waals surface area contributed by atoms with E-state index in [4.69, 9.17) is 16.9 Å². The van der Waals surface area contributed by atoms with Crippen LogP contribution in [0.25, 0.3) is 0 Å². The number of thioether (sulfide) groups is 1. The van der Waals surface area contributed by atoms with Gasteiger partial charge >= 0.3 is 0 Å². The third-order valence-corrected chi connectivity index (χ3v) is 2.72. The minimum absolute atomic E-state index is 0.724. The molecule has 15 heavy (non-hydrogen) atoms. The van der Waals surface area contributed by atoms with Crippen molar-refractivity contribution < 1.29 is 4.74 Å². The van der Waals surface area contributed by atoms with Crippen LogP contribution in [0.15, 0.2) is 24.3 Å². The summed E-state index contributed by atoms with van der Waals surface area (Å²) >= 11 is 1.75. The van der Waals surface area contributed by atoms with Crippen molar-refractivity contribution in [1.29, 1.82) is 0 Å². The van der Waals surface area contributed by atoms with E-state index in [1.54, 1.807) is 11.8 Å². The third-order valence-electron chi connectivity index (χ3n) is 1.77. The van der Waals surface area contributed by atoms with E-state index in [2.05, 4.69) is 5.92 Å². The van der Waals surface area contributed by atoms with Crippen LogP contribution >= 0.6 is 11.8 Å². The van der Waals surface area contributed by atoms with Gasteiger partial charge in [-0.15, -0.1) is 18.2 Å². The molecule has 1 aromatic carbocycles. The molecule has 0 aromatic heterocycles. The highest BCUT2D eigenvalue weighted by atomic mass is 32.2. The first kappa shape index (κ1) is 11.8. The summed E-state index contributed by atoms with van der Waals surface area (Å²) in [7, 11) is 0. The third kappa shape index (κ3) is 5.24. The molecule has 0 saturated heterocycles. The molecule has 2 N–H and O–H groups in total. The van der Waals surface area contributed by atoms with E-state index >= 15 is 0 Å². The molecule has 0 heterocycles. The van der Waals surface area contributed by atoms with Gasteiger partial charge in [-0.1, -0.05) is 5.92 Å². The SMILES string of the molecule is C#CCSCCCOc1ccc(N)cc1. The van der Waals surface area contributed by atoms with E-state index in [0.29, 0.717) is 0 Å². The lowest BCUT2D eigenvalue weighted by atomic mass is 10.3. The fourth-order valence-corrected chi connectivity index (χ4v) is 1.63. The van der Waals surface area contributed by atoms with Crippen LogP contribution in [0.2, 0.25) is 0 Å². The molecule has 0 aliphatic carbocycles. The molecule has 1 aromatic rings. The maximum Gasteiger partial charge on any atom is 0.119 e. The van der Waals surface area contributed by atoms with Crippen molar-refractivity contribution in [2.24, 2.45) is 0 Å². The highest BCUT2D eigenvalue weighted by Crippen LogP contribution is 2.13. The number of nitrogens with two attached hydrogens (primary N) is 1. The second kappa shape index (κ2) is 7.08. The average Bonchev–Trinajstić information content (AvgIpc) is 2.26. The summed E-state index contributed by atoms with van der Waals surface area (Å²) in [4.78, 5) is 0. The molecular formula is C12H15NOS. The summed E-state index contributed by atoms with van der Waals surface area (Å²) in [6, 6.07) is 7.43. The van der Waals surface area contributed by atoms with E-state index in [-0.39, 0.29) is 0 Å². The Balaban J connectivity index is 2.10. The number of hydrogen-bond acceptors (Lipinski definition) is 3. The summed E-state index contributed by atoms with van der Waals surface area (Å²) in [5.74, 6) is 5.28. The molecule has 0 radical (unpaired) electrons. The molecule has 0 spiro atoms. The van der Waals surface area contributed by atoms with Crippen molar-refractivity contribution in [2.45, 2.75) is 6.42 Å². The van der Waals surface area contributed by atoms with Crippen molar-refractivity contribution in [3.8, 4) is 18.1 Å². The molecular weight excluding hydrogens is 206 g/mol. The first-order valence-electron chi connectivity index (χ1n) is 4.82. The smallest absolute Gasteiger partial charge is 0.119 e. The van der Waals surface area contributed by atoms with Crippen LogP contribution in [-0.4, -0.2) is 18.1 Å². The number of terminal acetylenes is 1. The predicted molar refractivity (Wildman–Crippen MR) is 67.1 cm³/mol. The fraction of sp³-hybridized carbons (Fsp3) is 0.333. The van der Waals surface area contributed by atoms with Crippen LogP contribution in [0, 0.1) is 12.3 Å². The van der Waals surface area contributed by atoms with Gasteiger partial charge in [-0.2, -0.15) is 0 Å². The van der Waals surface area contributed by atoms with Crippen LogP contribution in [0.3, 0.4) is 0 Å². The van der Waals surface area contributed by atoms with Gasteiger partial charge in [0.25, 0.3) is 0 Å². The monoisotopic (exact) mass is 221 g/mol. The van der Waals surface area contributed by atoms with E-state index in [1.165, 1.54) is 0 Å². The number of hydrogen-bond donors (Lipinski definition) is 1. The minimum atomic E-state index is 0.724. The molecule has 0 aliphatic heterocycles. The van der Waals surface area contributed by atoms with Gasteiger partial charge in [-0.25, -0.2) is 0 Å². The molecule has 2 nitrogen and oxygen atoms in total. The summed E-state index contributed by atoms with van der Waals surface area (Å²) in [6.07, 6.45) is 6.15. The van der Waals surface area contributed by atoms with Gasteiger partial charge in [0, 0.05) is 5.69 Å². The zero-order valence-electron chi connectivity index (χ0n) is 8.61. The molecule has 0 aliphatic rings. The summed E-state index contributed by atoms with van der Waals surface area (Å²) < 4.78 is 5.52. The van der Waals surface area contributed by atoms with E-state index < -0.39 is 0 Å². The molecule has 0 atom stereocenters. The lowest BCUT2D eigenvalue weighted by molar-refractivity contribution is 0.319. The van der Waals surface area contributed by atoms with Gasteiger partial charge in [0.2, 0.25) is 0 Å². The van der Waals surface area contributed by atoms with Gasteiger partial charge in [0.05, 0.1) is 12.4 Å². The normalized spacial score (nSPS) is 9.53. The van der Waals surface area contributed by atoms with Crippen molar-refractivity contribution >= 4 is 17.4 Å². The summed E-state index contributed by atoms with van der Waals surface area (Å²) in [5.41, 5.74) is 6.32. The number of nitrogen functional groups attached to an aromatic ring is 1. The Bertz CT molecular complexity index is 315. The molecule has 0 bridgehead atoms. The molecule has 0 fully saturated rings. The zero-order valence-corrected chi connectivity index (χ0v) is 9.43. The maximum absolute atomic E-state index is 5.56. The Labute approximate surface area is 95.2 Å². The standard InChI is InChI=1S/C12H15NOS/c1-2-9-15-10-3-8-14-12-6-4-11(13)5-7-12/h1,4-7H,3,8-10,13H2. The lowest BCUT2D eigenvalue weighted by Crippen LogP contribution is -1.99. The van der Waals surface area contributed by atoms with Gasteiger partial charge in [0.1, 0.15) is 5.75 Å². The molecule has 80 valence electrons. The number of benzene rings is 1. The first-order valence-corrected chi connectivity index (χ1v) is 5.98. The summed E-state index contributed by atoms with van der Waals surface area (Å²) in [5, 5.41) is 0. The largest absolute Gasteiger partial charge is 0.494 e. The van der Waals surface area contributed by atoms with Gasteiger partial charge in [0.15, 0.2) is 0 Å². The molecule has 1 rings (SSSR count). The van der Waals surface area contributed by atoms with Crippen LogP contribution < -0.4 is 10.5 Å². The highest BCUT2D eigenvalue weighted by Gasteiger charge is 1.93. The Kier molecular flexibility index (Phi) is 5.57. The zero-order chi connectivity index (χ0) is 10.9. The fourth-order valence-electron chi connectivity index (χ4n) is 1.05. The number of rotatable bonds is 6. The number of anilines is 1. The molecule has 0 unspecified atom stereocenters. The van der Waals surface area contributed by atoms with E-state index in [9.17, 15) is 0 Å². The Hall–Kier alpha value is -1.27.